The van der Waals surface area contributed by atoms with Gasteiger partial charge in [-0.1, -0.05) is 30.3 Å². The van der Waals surface area contributed by atoms with Crippen LogP contribution in [0, 0.1) is 0 Å². The molecule has 2 fully saturated rings. The number of rotatable bonds is 4. The van der Waals surface area contributed by atoms with Gasteiger partial charge in [-0.05, 0) is 44.4 Å². The van der Waals surface area contributed by atoms with Crippen LogP contribution < -0.4 is 0 Å². The van der Waals surface area contributed by atoms with Gasteiger partial charge in [0.15, 0.2) is 0 Å². The molecule has 1 aromatic heterocycles. The lowest BCUT2D eigenvalue weighted by Gasteiger charge is -2.48. The molecule has 2 aromatic rings. The third-order valence-electron chi connectivity index (χ3n) is 6.37. The van der Waals surface area contributed by atoms with Gasteiger partial charge in [0.1, 0.15) is 5.69 Å². The van der Waals surface area contributed by atoms with E-state index >= 15 is 0 Å². The van der Waals surface area contributed by atoms with E-state index in [1.807, 2.05) is 11.9 Å². The first-order chi connectivity index (χ1) is 13.6. The van der Waals surface area contributed by atoms with Crippen LogP contribution in [-0.2, 0) is 18.3 Å². The molecule has 1 amide bonds. The van der Waals surface area contributed by atoms with Crippen LogP contribution in [0.4, 0.5) is 0 Å². The lowest BCUT2D eigenvalue weighted by molar-refractivity contribution is -0.128. The average molecular weight is 383 g/mol. The predicted molar refractivity (Wildman–Crippen MR) is 108 cm³/mol. The molecule has 2 aliphatic heterocycles. The number of hydrogen-bond donors (Lipinski definition) is 0. The average Bonchev–Trinajstić information content (AvgIpc) is 3.15. The van der Waals surface area contributed by atoms with Crippen molar-refractivity contribution in [2.75, 3.05) is 26.7 Å². The van der Waals surface area contributed by atoms with Crippen LogP contribution >= 0.6 is 0 Å². The summed E-state index contributed by atoms with van der Waals surface area (Å²) in [6.07, 6.45) is 5.61. The summed E-state index contributed by atoms with van der Waals surface area (Å²) in [6, 6.07) is 13.0. The molecule has 0 saturated carbocycles. The van der Waals surface area contributed by atoms with Gasteiger partial charge < -0.3 is 9.64 Å². The molecule has 0 aliphatic carbocycles. The molecule has 1 unspecified atom stereocenters. The number of nitrogens with zero attached hydrogens (tertiary/aromatic N) is 4. The Morgan fingerprint density at radius 2 is 2.00 bits per heavy atom. The molecule has 150 valence electrons. The van der Waals surface area contributed by atoms with Crippen LogP contribution in [0.2, 0.25) is 0 Å². The highest BCUT2D eigenvalue weighted by atomic mass is 16.5. The fourth-order valence-electron chi connectivity index (χ4n) is 4.59. The van der Waals surface area contributed by atoms with E-state index in [4.69, 9.17) is 4.74 Å². The fourth-order valence-corrected chi connectivity index (χ4v) is 4.59. The molecule has 0 bridgehead atoms. The topological polar surface area (TPSA) is 50.6 Å². The first kappa shape index (κ1) is 19.2. The molecule has 6 nitrogen and oxygen atoms in total. The van der Waals surface area contributed by atoms with Gasteiger partial charge in [-0.2, -0.15) is 5.10 Å². The van der Waals surface area contributed by atoms with Crippen LogP contribution in [0.3, 0.4) is 0 Å². The number of benzene rings is 1. The quantitative estimate of drug-likeness (QED) is 0.816. The first-order valence-corrected chi connectivity index (χ1v) is 10.2. The lowest BCUT2D eigenvalue weighted by Crippen LogP contribution is -2.54. The molecule has 28 heavy (non-hydrogen) atoms. The van der Waals surface area contributed by atoms with Gasteiger partial charge in [-0.3, -0.25) is 14.4 Å². The Balaban J connectivity index is 1.35. The normalized spacial score (nSPS) is 22.0. The number of carbonyl (C=O) groups is 1. The molecule has 3 heterocycles. The Labute approximate surface area is 167 Å². The molecule has 1 atom stereocenters. The molecule has 1 spiro atoms. The molecular weight excluding hydrogens is 352 g/mol. The minimum Gasteiger partial charge on any atom is -0.375 e. The van der Waals surface area contributed by atoms with Gasteiger partial charge >= 0.3 is 0 Å². The van der Waals surface area contributed by atoms with E-state index in [1.54, 1.807) is 16.9 Å². The van der Waals surface area contributed by atoms with Gasteiger partial charge in [-0.25, -0.2) is 0 Å². The Morgan fingerprint density at radius 3 is 2.68 bits per heavy atom. The van der Waals surface area contributed by atoms with Crippen LogP contribution in [-0.4, -0.2) is 63.9 Å². The van der Waals surface area contributed by atoms with Crippen molar-refractivity contribution in [3.8, 4) is 0 Å². The van der Waals surface area contributed by atoms with Crippen molar-refractivity contribution in [1.29, 1.82) is 0 Å². The molecule has 6 heteroatoms. The molecule has 2 saturated heterocycles. The second-order valence-corrected chi connectivity index (χ2v) is 8.21. The minimum absolute atomic E-state index is 0.0726. The summed E-state index contributed by atoms with van der Waals surface area (Å²) in [5.41, 5.74) is 1.92. The van der Waals surface area contributed by atoms with Crippen molar-refractivity contribution >= 4 is 5.91 Å². The van der Waals surface area contributed by atoms with Crippen LogP contribution in [0.25, 0.3) is 0 Å². The van der Waals surface area contributed by atoms with Gasteiger partial charge in [0.05, 0.1) is 5.60 Å². The summed E-state index contributed by atoms with van der Waals surface area (Å²) < 4.78 is 7.95. The van der Waals surface area contributed by atoms with Crippen molar-refractivity contribution in [1.82, 2.24) is 19.6 Å². The fraction of sp³-hybridized carbons (Fsp3) is 0.545. The molecule has 1 aromatic carbocycles. The van der Waals surface area contributed by atoms with Gasteiger partial charge in [0.2, 0.25) is 0 Å². The second-order valence-electron chi connectivity index (χ2n) is 8.21. The maximum Gasteiger partial charge on any atom is 0.272 e. The lowest BCUT2D eigenvalue weighted by atomic mass is 9.81. The Bertz CT molecular complexity index is 796. The van der Waals surface area contributed by atoms with E-state index in [9.17, 15) is 4.79 Å². The van der Waals surface area contributed by atoms with Crippen molar-refractivity contribution in [3.63, 3.8) is 0 Å². The highest BCUT2D eigenvalue weighted by Gasteiger charge is 2.42. The standard InChI is InChI=1S/C22H30N4O2/c1-24(17-18-6-4-3-5-7-18)19-9-15-28-22(16-19)10-13-26(14-11-22)21(27)20-8-12-23-25(20)2/h3-8,12,19H,9-11,13-17H2,1-2H3. The smallest absolute Gasteiger partial charge is 0.272 e. The summed E-state index contributed by atoms with van der Waals surface area (Å²) in [4.78, 5) is 17.2. The van der Waals surface area contributed by atoms with E-state index in [0.717, 1.165) is 51.9 Å². The van der Waals surface area contributed by atoms with Gasteiger partial charge in [0.25, 0.3) is 5.91 Å². The molecular formula is C22H30N4O2. The number of hydrogen-bond acceptors (Lipinski definition) is 4. The maximum absolute atomic E-state index is 12.7. The third kappa shape index (κ3) is 3.98. The molecule has 4 rings (SSSR count). The number of likely N-dealkylation sites (tertiary alicyclic amines) is 1. The molecule has 0 N–H and O–H groups in total. The number of ether oxygens (including phenoxy) is 1. The summed E-state index contributed by atoms with van der Waals surface area (Å²) >= 11 is 0. The van der Waals surface area contributed by atoms with E-state index in [-0.39, 0.29) is 11.5 Å². The molecule has 0 radical (unpaired) electrons. The Hall–Kier alpha value is -2.18. The Kier molecular flexibility index (Phi) is 5.51. The van der Waals surface area contributed by atoms with Crippen molar-refractivity contribution in [2.24, 2.45) is 7.05 Å². The van der Waals surface area contributed by atoms with Crippen LogP contribution in [0.15, 0.2) is 42.6 Å². The van der Waals surface area contributed by atoms with E-state index < -0.39 is 0 Å². The monoisotopic (exact) mass is 382 g/mol. The Morgan fingerprint density at radius 1 is 1.25 bits per heavy atom. The van der Waals surface area contributed by atoms with Crippen LogP contribution in [0.5, 0.6) is 0 Å². The molecule has 2 aliphatic rings. The SMILES string of the molecule is CN(Cc1ccccc1)C1CCOC2(CCN(C(=O)c3ccnn3C)CC2)C1. The summed E-state index contributed by atoms with van der Waals surface area (Å²) in [7, 11) is 4.04. The van der Waals surface area contributed by atoms with Crippen molar-refractivity contribution in [2.45, 2.75) is 43.9 Å². The zero-order valence-electron chi connectivity index (χ0n) is 16.9. The summed E-state index contributed by atoms with van der Waals surface area (Å²) in [6.45, 7) is 3.27. The van der Waals surface area contributed by atoms with Crippen molar-refractivity contribution < 1.29 is 9.53 Å². The highest BCUT2D eigenvalue weighted by Crippen LogP contribution is 2.37. The zero-order valence-corrected chi connectivity index (χ0v) is 16.9. The van der Waals surface area contributed by atoms with E-state index in [1.165, 1.54) is 5.56 Å². The zero-order chi connectivity index (χ0) is 19.6. The van der Waals surface area contributed by atoms with E-state index in [0.29, 0.717) is 11.7 Å². The number of carbonyl (C=O) groups excluding carboxylic acids is 1. The first-order valence-electron chi connectivity index (χ1n) is 10.2. The summed E-state index contributed by atoms with van der Waals surface area (Å²) in [5.74, 6) is 0.0726. The third-order valence-corrected chi connectivity index (χ3v) is 6.37. The van der Waals surface area contributed by atoms with E-state index in [2.05, 4.69) is 47.4 Å². The maximum atomic E-state index is 12.7. The number of amides is 1. The number of aryl methyl sites for hydroxylation is 1. The largest absolute Gasteiger partial charge is 0.375 e. The highest BCUT2D eigenvalue weighted by molar-refractivity contribution is 5.92. The predicted octanol–water partition coefficient (Wildman–Crippen LogP) is 2.71. The van der Waals surface area contributed by atoms with Crippen molar-refractivity contribution in [3.05, 3.63) is 53.9 Å². The minimum atomic E-state index is -0.0862. The van der Waals surface area contributed by atoms with Crippen LogP contribution in [0.1, 0.15) is 41.7 Å². The van der Waals surface area contributed by atoms with Gasteiger partial charge in [-0.15, -0.1) is 0 Å². The number of piperidine rings is 1. The van der Waals surface area contributed by atoms with Gasteiger partial charge in [0, 0.05) is 45.5 Å². The second kappa shape index (κ2) is 8.05. The summed E-state index contributed by atoms with van der Waals surface area (Å²) in [5, 5.41) is 4.12. The number of aromatic nitrogens is 2.